The fraction of sp³-hybridized carbons (Fsp3) is 0.190. The van der Waals surface area contributed by atoms with Gasteiger partial charge in [-0.15, -0.1) is 0 Å². The number of amides is 2. The van der Waals surface area contributed by atoms with E-state index in [0.29, 0.717) is 31.7 Å². The number of benzene rings is 2. The van der Waals surface area contributed by atoms with Crippen LogP contribution < -0.4 is 10.2 Å². The molecule has 0 atom stereocenters. The summed E-state index contributed by atoms with van der Waals surface area (Å²) in [7, 11) is 0. The fourth-order valence-corrected chi connectivity index (χ4v) is 3.23. The third-order valence-electron chi connectivity index (χ3n) is 4.77. The summed E-state index contributed by atoms with van der Waals surface area (Å²) in [5, 5.41) is 12.5. The number of rotatable bonds is 4. The first-order chi connectivity index (χ1) is 14.1. The predicted octanol–water partition coefficient (Wildman–Crippen LogP) is 2.59. The number of hydrogen-bond acceptors (Lipinski definition) is 6. The maximum atomic E-state index is 12.7. The molecule has 1 fully saturated rings. The second-order valence-electron chi connectivity index (χ2n) is 6.63. The SMILES string of the molecule is O=C(Nc1nc(C(=O)N2CCN(c3ccccc3O)CC2)co1)c1ccccc1. The highest BCUT2D eigenvalue weighted by atomic mass is 16.4. The quantitative estimate of drug-likeness (QED) is 0.708. The third-order valence-corrected chi connectivity index (χ3v) is 4.77. The number of nitrogens with zero attached hydrogens (tertiary/aromatic N) is 3. The molecule has 4 rings (SSSR count). The molecule has 2 heterocycles. The van der Waals surface area contributed by atoms with Crippen LogP contribution in [0.15, 0.2) is 65.3 Å². The Bertz CT molecular complexity index is 1010. The van der Waals surface area contributed by atoms with Crippen LogP contribution in [0.1, 0.15) is 20.8 Å². The second kappa shape index (κ2) is 8.05. The number of oxazole rings is 1. The molecule has 1 aliphatic heterocycles. The molecule has 0 bridgehead atoms. The molecule has 3 aromatic rings. The van der Waals surface area contributed by atoms with Crippen LogP contribution in [-0.2, 0) is 0 Å². The number of hydrogen-bond donors (Lipinski definition) is 2. The van der Waals surface area contributed by atoms with E-state index in [0.717, 1.165) is 5.69 Å². The molecule has 29 heavy (non-hydrogen) atoms. The van der Waals surface area contributed by atoms with Crippen molar-refractivity contribution in [2.24, 2.45) is 0 Å². The molecule has 0 spiro atoms. The highest BCUT2D eigenvalue weighted by Gasteiger charge is 2.25. The Balaban J connectivity index is 1.36. The number of phenols is 1. The number of carbonyl (C=O) groups is 2. The Hall–Kier alpha value is -3.81. The summed E-state index contributed by atoms with van der Waals surface area (Å²) in [5.41, 5.74) is 1.37. The first-order valence-corrected chi connectivity index (χ1v) is 9.26. The van der Waals surface area contributed by atoms with Crippen molar-refractivity contribution in [3.05, 3.63) is 72.1 Å². The Morgan fingerprint density at radius 2 is 1.66 bits per heavy atom. The van der Waals surface area contributed by atoms with E-state index < -0.39 is 0 Å². The summed E-state index contributed by atoms with van der Waals surface area (Å²) < 4.78 is 5.24. The summed E-state index contributed by atoms with van der Waals surface area (Å²) in [4.78, 5) is 32.7. The molecule has 8 nitrogen and oxygen atoms in total. The summed E-state index contributed by atoms with van der Waals surface area (Å²) >= 11 is 0. The standard InChI is InChI=1S/C21H20N4O4/c26-18-9-5-4-8-17(18)24-10-12-25(13-11-24)20(28)16-14-29-21(22-16)23-19(27)15-6-2-1-3-7-15/h1-9,14,26H,10-13H2,(H,22,23,27). The van der Waals surface area contributed by atoms with Crippen molar-refractivity contribution in [1.82, 2.24) is 9.88 Å². The Morgan fingerprint density at radius 3 is 2.38 bits per heavy atom. The maximum Gasteiger partial charge on any atom is 0.302 e. The molecular weight excluding hydrogens is 372 g/mol. The van der Waals surface area contributed by atoms with Gasteiger partial charge >= 0.3 is 6.01 Å². The zero-order chi connectivity index (χ0) is 20.2. The van der Waals surface area contributed by atoms with Gasteiger partial charge in [0.2, 0.25) is 0 Å². The van der Waals surface area contributed by atoms with Gasteiger partial charge in [-0.3, -0.25) is 14.9 Å². The van der Waals surface area contributed by atoms with Gasteiger partial charge in [0.05, 0.1) is 5.69 Å². The van der Waals surface area contributed by atoms with Crippen LogP contribution >= 0.6 is 0 Å². The van der Waals surface area contributed by atoms with Gasteiger partial charge < -0.3 is 19.3 Å². The molecule has 1 aliphatic rings. The first-order valence-electron chi connectivity index (χ1n) is 9.26. The lowest BCUT2D eigenvalue weighted by molar-refractivity contribution is 0.0740. The topological polar surface area (TPSA) is 98.9 Å². The lowest BCUT2D eigenvalue weighted by Crippen LogP contribution is -2.48. The first kappa shape index (κ1) is 18.5. The number of anilines is 2. The van der Waals surface area contributed by atoms with E-state index >= 15 is 0 Å². The largest absolute Gasteiger partial charge is 0.506 e. The van der Waals surface area contributed by atoms with Crippen LogP contribution in [0.5, 0.6) is 5.75 Å². The second-order valence-corrected chi connectivity index (χ2v) is 6.63. The van der Waals surface area contributed by atoms with Crippen LogP contribution in [0.2, 0.25) is 0 Å². The number of piperazine rings is 1. The van der Waals surface area contributed by atoms with Crippen molar-refractivity contribution in [2.45, 2.75) is 0 Å². The van der Waals surface area contributed by atoms with Crippen molar-refractivity contribution < 1.29 is 19.1 Å². The molecule has 1 saturated heterocycles. The van der Waals surface area contributed by atoms with Crippen molar-refractivity contribution in [3.63, 3.8) is 0 Å². The van der Waals surface area contributed by atoms with E-state index in [4.69, 9.17) is 4.42 Å². The van der Waals surface area contributed by atoms with Crippen LogP contribution in [0.25, 0.3) is 0 Å². The van der Waals surface area contributed by atoms with Gasteiger partial charge in [-0.2, -0.15) is 4.98 Å². The van der Waals surface area contributed by atoms with Crippen molar-refractivity contribution in [1.29, 1.82) is 0 Å². The fourth-order valence-electron chi connectivity index (χ4n) is 3.23. The summed E-state index contributed by atoms with van der Waals surface area (Å²) in [6.07, 6.45) is 1.25. The third kappa shape index (κ3) is 4.06. The normalized spacial score (nSPS) is 13.9. The molecule has 2 N–H and O–H groups in total. The molecule has 0 radical (unpaired) electrons. The monoisotopic (exact) mass is 392 g/mol. The molecule has 148 valence electrons. The van der Waals surface area contributed by atoms with Gasteiger partial charge in [-0.25, -0.2) is 0 Å². The minimum Gasteiger partial charge on any atom is -0.506 e. The Kier molecular flexibility index (Phi) is 5.15. The number of aromatic hydroxyl groups is 1. The Labute approximate surface area is 167 Å². The van der Waals surface area contributed by atoms with Gasteiger partial charge in [0.25, 0.3) is 11.8 Å². The van der Waals surface area contributed by atoms with Crippen LogP contribution in [0.4, 0.5) is 11.7 Å². The van der Waals surface area contributed by atoms with Crippen LogP contribution in [0.3, 0.4) is 0 Å². The van der Waals surface area contributed by atoms with E-state index in [1.165, 1.54) is 6.26 Å². The Morgan fingerprint density at radius 1 is 0.966 bits per heavy atom. The lowest BCUT2D eigenvalue weighted by Gasteiger charge is -2.35. The molecule has 1 aromatic heterocycles. The minimum atomic E-state index is -0.359. The zero-order valence-electron chi connectivity index (χ0n) is 15.6. The highest BCUT2D eigenvalue weighted by Crippen LogP contribution is 2.27. The number of nitrogens with one attached hydrogen (secondary N) is 1. The molecular formula is C21H20N4O4. The number of aromatic nitrogens is 1. The zero-order valence-corrected chi connectivity index (χ0v) is 15.6. The molecule has 0 unspecified atom stereocenters. The van der Waals surface area contributed by atoms with Crippen molar-refractivity contribution in [3.8, 4) is 5.75 Å². The van der Waals surface area contributed by atoms with Gasteiger partial charge in [0.1, 0.15) is 12.0 Å². The van der Waals surface area contributed by atoms with E-state index in [2.05, 4.69) is 10.3 Å². The van der Waals surface area contributed by atoms with E-state index in [1.54, 1.807) is 41.3 Å². The van der Waals surface area contributed by atoms with Gasteiger partial charge in [-0.1, -0.05) is 30.3 Å². The predicted molar refractivity (Wildman–Crippen MR) is 107 cm³/mol. The molecule has 8 heteroatoms. The highest BCUT2D eigenvalue weighted by molar-refractivity contribution is 6.03. The van der Waals surface area contributed by atoms with Crippen molar-refractivity contribution >= 4 is 23.5 Å². The van der Waals surface area contributed by atoms with Gasteiger partial charge in [-0.05, 0) is 24.3 Å². The van der Waals surface area contributed by atoms with Gasteiger partial charge in [0, 0.05) is 31.7 Å². The van der Waals surface area contributed by atoms with E-state index in [-0.39, 0.29) is 29.3 Å². The molecule has 0 aliphatic carbocycles. The smallest absolute Gasteiger partial charge is 0.302 e. The number of phenolic OH excluding ortho intramolecular Hbond substituents is 1. The van der Waals surface area contributed by atoms with Gasteiger partial charge in [0.15, 0.2) is 5.69 Å². The maximum absolute atomic E-state index is 12.7. The van der Waals surface area contributed by atoms with E-state index in [9.17, 15) is 14.7 Å². The number of carbonyl (C=O) groups excluding carboxylic acids is 2. The van der Waals surface area contributed by atoms with Crippen LogP contribution in [-0.4, -0.2) is 53.0 Å². The summed E-state index contributed by atoms with van der Waals surface area (Å²) in [5.74, 6) is -0.392. The van der Waals surface area contributed by atoms with Crippen molar-refractivity contribution in [2.75, 3.05) is 36.4 Å². The average molecular weight is 392 g/mol. The minimum absolute atomic E-state index is 0.0185. The summed E-state index contributed by atoms with van der Waals surface area (Å²) in [6.45, 7) is 2.18. The summed E-state index contributed by atoms with van der Waals surface area (Å²) in [6, 6.07) is 15.8. The molecule has 0 saturated carbocycles. The number of para-hydroxylation sites is 2. The van der Waals surface area contributed by atoms with E-state index in [1.807, 2.05) is 23.1 Å². The molecule has 2 aromatic carbocycles. The van der Waals surface area contributed by atoms with Crippen LogP contribution in [0, 0.1) is 0 Å². The lowest BCUT2D eigenvalue weighted by atomic mass is 10.2. The molecule has 2 amide bonds. The average Bonchev–Trinajstić information content (AvgIpc) is 3.23.